The Bertz CT molecular complexity index is 391. The molecular weight excluding hydrogens is 164 g/mol. The second-order valence-electron chi connectivity index (χ2n) is 2.44. The van der Waals surface area contributed by atoms with E-state index in [9.17, 15) is 0 Å². The molecule has 70 valence electrons. The van der Waals surface area contributed by atoms with Crippen LogP contribution in [-0.4, -0.2) is 14.4 Å². The first-order valence-electron chi connectivity index (χ1n) is 4.32. The summed E-state index contributed by atoms with van der Waals surface area (Å²) in [5, 5.41) is 0. The van der Waals surface area contributed by atoms with Crippen LogP contribution < -0.4 is 5.73 Å². The monoisotopic (exact) mass is 178 g/mol. The molecule has 0 bridgehead atoms. The topological polar surface area (TPSA) is 56.2 Å². The molecule has 2 aromatic heterocycles. The SMILES string of the molecule is CC.Cc1cc2cnc(N)n2cn1. The van der Waals surface area contributed by atoms with Crippen LogP contribution in [0.4, 0.5) is 5.95 Å². The van der Waals surface area contributed by atoms with E-state index in [4.69, 9.17) is 5.73 Å². The molecule has 0 saturated carbocycles. The summed E-state index contributed by atoms with van der Waals surface area (Å²) >= 11 is 0. The van der Waals surface area contributed by atoms with Crippen LogP contribution in [0, 0.1) is 6.92 Å². The van der Waals surface area contributed by atoms with Gasteiger partial charge in [0, 0.05) is 5.69 Å². The Morgan fingerprint density at radius 3 is 2.69 bits per heavy atom. The van der Waals surface area contributed by atoms with E-state index in [-0.39, 0.29) is 0 Å². The zero-order chi connectivity index (χ0) is 9.84. The Kier molecular flexibility index (Phi) is 2.84. The number of hydrogen-bond donors (Lipinski definition) is 1. The molecule has 2 aromatic rings. The zero-order valence-corrected chi connectivity index (χ0v) is 8.15. The third-order valence-corrected chi connectivity index (χ3v) is 1.59. The fourth-order valence-corrected chi connectivity index (χ4v) is 1.02. The molecule has 0 spiro atoms. The molecule has 0 fully saturated rings. The second kappa shape index (κ2) is 3.89. The van der Waals surface area contributed by atoms with Crippen LogP contribution in [0.15, 0.2) is 18.6 Å². The van der Waals surface area contributed by atoms with Crippen molar-refractivity contribution in [1.29, 1.82) is 0 Å². The van der Waals surface area contributed by atoms with E-state index in [1.807, 2.05) is 26.8 Å². The van der Waals surface area contributed by atoms with Crippen molar-refractivity contribution in [3.8, 4) is 0 Å². The summed E-state index contributed by atoms with van der Waals surface area (Å²) in [5.41, 5.74) is 7.49. The van der Waals surface area contributed by atoms with Gasteiger partial charge in [-0.2, -0.15) is 0 Å². The maximum Gasteiger partial charge on any atom is 0.206 e. The van der Waals surface area contributed by atoms with Crippen molar-refractivity contribution in [3.05, 3.63) is 24.3 Å². The Morgan fingerprint density at radius 1 is 1.31 bits per heavy atom. The number of aromatic nitrogens is 3. The summed E-state index contributed by atoms with van der Waals surface area (Å²) in [5.74, 6) is 0.479. The third kappa shape index (κ3) is 1.77. The predicted octanol–water partition coefficient (Wildman–Crippen LogP) is 1.65. The van der Waals surface area contributed by atoms with Gasteiger partial charge in [-0.3, -0.25) is 4.40 Å². The molecule has 0 atom stereocenters. The predicted molar refractivity (Wildman–Crippen MR) is 53.5 cm³/mol. The van der Waals surface area contributed by atoms with Gasteiger partial charge in [-0.15, -0.1) is 0 Å². The highest BCUT2D eigenvalue weighted by molar-refractivity contribution is 5.50. The number of imidazole rings is 1. The molecule has 2 N–H and O–H groups in total. The van der Waals surface area contributed by atoms with E-state index in [1.165, 1.54) is 0 Å². The van der Waals surface area contributed by atoms with Gasteiger partial charge in [0.1, 0.15) is 6.33 Å². The maximum absolute atomic E-state index is 5.54. The van der Waals surface area contributed by atoms with Gasteiger partial charge in [0.2, 0.25) is 5.95 Å². The Morgan fingerprint density at radius 2 is 2.00 bits per heavy atom. The Hall–Kier alpha value is -1.58. The lowest BCUT2D eigenvalue weighted by atomic mass is 10.4. The van der Waals surface area contributed by atoms with Crippen molar-refractivity contribution >= 4 is 11.5 Å². The fraction of sp³-hybridized carbons (Fsp3) is 0.333. The Balaban J connectivity index is 0.000000396. The molecule has 0 aliphatic heterocycles. The highest BCUT2D eigenvalue weighted by Gasteiger charge is 1.97. The second-order valence-corrected chi connectivity index (χ2v) is 2.44. The number of nitrogen functional groups attached to an aromatic ring is 1. The first-order chi connectivity index (χ1) is 6.27. The minimum atomic E-state index is 0.479. The van der Waals surface area contributed by atoms with Crippen molar-refractivity contribution < 1.29 is 0 Å². The van der Waals surface area contributed by atoms with E-state index in [0.29, 0.717) is 5.95 Å². The molecule has 0 saturated heterocycles. The van der Waals surface area contributed by atoms with Gasteiger partial charge in [0.25, 0.3) is 0 Å². The Labute approximate surface area is 77.4 Å². The minimum absolute atomic E-state index is 0.479. The highest BCUT2D eigenvalue weighted by Crippen LogP contribution is 2.07. The molecule has 0 aromatic carbocycles. The van der Waals surface area contributed by atoms with E-state index in [1.54, 1.807) is 16.9 Å². The van der Waals surface area contributed by atoms with Gasteiger partial charge < -0.3 is 5.73 Å². The van der Waals surface area contributed by atoms with E-state index in [0.717, 1.165) is 11.2 Å². The lowest BCUT2D eigenvalue weighted by Crippen LogP contribution is -1.95. The van der Waals surface area contributed by atoms with E-state index >= 15 is 0 Å². The number of rotatable bonds is 0. The first kappa shape index (κ1) is 9.51. The molecule has 0 aliphatic rings. The van der Waals surface area contributed by atoms with Crippen LogP contribution in [0.2, 0.25) is 0 Å². The summed E-state index contributed by atoms with van der Waals surface area (Å²) in [6, 6.07) is 1.93. The normalized spacial score (nSPS) is 9.46. The quantitative estimate of drug-likeness (QED) is 0.667. The summed E-state index contributed by atoms with van der Waals surface area (Å²) in [4.78, 5) is 8.02. The lowest BCUT2D eigenvalue weighted by Gasteiger charge is -1.94. The van der Waals surface area contributed by atoms with Gasteiger partial charge in [0.05, 0.1) is 11.7 Å². The number of aryl methyl sites for hydroxylation is 1. The average Bonchev–Trinajstić information content (AvgIpc) is 2.51. The third-order valence-electron chi connectivity index (χ3n) is 1.59. The number of fused-ring (bicyclic) bond motifs is 1. The molecule has 0 radical (unpaired) electrons. The molecule has 0 aliphatic carbocycles. The van der Waals surface area contributed by atoms with Crippen molar-refractivity contribution in [3.63, 3.8) is 0 Å². The minimum Gasteiger partial charge on any atom is -0.369 e. The van der Waals surface area contributed by atoms with Crippen LogP contribution >= 0.6 is 0 Å². The number of anilines is 1. The molecule has 0 amide bonds. The summed E-state index contributed by atoms with van der Waals surface area (Å²) in [6.45, 7) is 5.93. The van der Waals surface area contributed by atoms with Gasteiger partial charge in [-0.25, -0.2) is 9.97 Å². The number of nitrogens with two attached hydrogens (primary N) is 1. The van der Waals surface area contributed by atoms with Gasteiger partial charge >= 0.3 is 0 Å². The van der Waals surface area contributed by atoms with Crippen LogP contribution in [0.1, 0.15) is 19.5 Å². The van der Waals surface area contributed by atoms with Crippen LogP contribution in [0.3, 0.4) is 0 Å². The standard InChI is InChI=1S/C7H8N4.C2H6/c1-5-2-6-3-9-7(8)11(6)4-10-5;1-2/h2-4H,1H3,(H2,8,9);1-2H3. The smallest absolute Gasteiger partial charge is 0.206 e. The lowest BCUT2D eigenvalue weighted by molar-refractivity contribution is 1.05. The molecule has 13 heavy (non-hydrogen) atoms. The molecular formula is C9H14N4. The van der Waals surface area contributed by atoms with Gasteiger partial charge in [0.15, 0.2) is 0 Å². The zero-order valence-electron chi connectivity index (χ0n) is 8.15. The first-order valence-corrected chi connectivity index (χ1v) is 4.32. The average molecular weight is 178 g/mol. The van der Waals surface area contributed by atoms with Crippen molar-refractivity contribution in [2.75, 3.05) is 5.73 Å². The van der Waals surface area contributed by atoms with Gasteiger partial charge in [-0.05, 0) is 13.0 Å². The number of nitrogens with zero attached hydrogens (tertiary/aromatic N) is 3. The van der Waals surface area contributed by atoms with Crippen molar-refractivity contribution in [1.82, 2.24) is 14.4 Å². The van der Waals surface area contributed by atoms with E-state index in [2.05, 4.69) is 9.97 Å². The van der Waals surface area contributed by atoms with Gasteiger partial charge in [-0.1, -0.05) is 13.8 Å². The largest absolute Gasteiger partial charge is 0.369 e. The molecule has 4 heteroatoms. The number of hydrogen-bond acceptors (Lipinski definition) is 3. The van der Waals surface area contributed by atoms with Crippen LogP contribution in [0.25, 0.3) is 5.52 Å². The summed E-state index contributed by atoms with van der Waals surface area (Å²) in [7, 11) is 0. The summed E-state index contributed by atoms with van der Waals surface area (Å²) < 4.78 is 1.74. The molecule has 0 unspecified atom stereocenters. The molecule has 2 heterocycles. The fourth-order valence-electron chi connectivity index (χ4n) is 1.02. The van der Waals surface area contributed by atoms with E-state index < -0.39 is 0 Å². The maximum atomic E-state index is 5.54. The summed E-state index contributed by atoms with van der Waals surface area (Å²) in [6.07, 6.45) is 3.40. The van der Waals surface area contributed by atoms with Crippen molar-refractivity contribution in [2.24, 2.45) is 0 Å². The van der Waals surface area contributed by atoms with Crippen LogP contribution in [0.5, 0.6) is 0 Å². The van der Waals surface area contributed by atoms with Crippen LogP contribution in [-0.2, 0) is 0 Å². The highest BCUT2D eigenvalue weighted by atomic mass is 15.1. The molecule has 4 nitrogen and oxygen atoms in total. The van der Waals surface area contributed by atoms with Crippen molar-refractivity contribution in [2.45, 2.75) is 20.8 Å². The molecule has 2 rings (SSSR count).